The number of quaternary nitrogens is 1. The first-order valence-corrected chi connectivity index (χ1v) is 8.82. The van der Waals surface area contributed by atoms with Crippen molar-refractivity contribution in [3.8, 4) is 11.5 Å². The van der Waals surface area contributed by atoms with Crippen LogP contribution in [0.25, 0.3) is 6.08 Å². The first kappa shape index (κ1) is 18.3. The van der Waals surface area contributed by atoms with Crippen molar-refractivity contribution >= 4 is 23.6 Å². The van der Waals surface area contributed by atoms with Crippen molar-refractivity contribution in [2.45, 2.75) is 6.04 Å². The van der Waals surface area contributed by atoms with E-state index in [1.54, 1.807) is 18.2 Å². The third-order valence-corrected chi connectivity index (χ3v) is 4.29. The van der Waals surface area contributed by atoms with E-state index in [1.807, 2.05) is 30.3 Å². The van der Waals surface area contributed by atoms with E-state index in [0.717, 1.165) is 17.7 Å². The normalized spacial score (nSPS) is 14.0. The molecule has 1 aliphatic rings. The van der Waals surface area contributed by atoms with Gasteiger partial charge >= 0.3 is 0 Å². The second kappa shape index (κ2) is 8.25. The van der Waals surface area contributed by atoms with Crippen LogP contribution in [0.2, 0.25) is 5.02 Å². The van der Waals surface area contributed by atoms with Gasteiger partial charge in [-0.25, -0.2) is 0 Å². The molecule has 136 valence electrons. The Morgan fingerprint density at radius 2 is 2.04 bits per heavy atom. The van der Waals surface area contributed by atoms with Crippen molar-refractivity contribution in [2.24, 2.45) is 0 Å². The van der Waals surface area contributed by atoms with Gasteiger partial charge in [-0.15, -0.1) is 0 Å². The Kier molecular flexibility index (Phi) is 5.81. The number of carbonyl (C=O) groups is 1. The van der Waals surface area contributed by atoms with Crippen LogP contribution in [0.15, 0.2) is 48.5 Å². The van der Waals surface area contributed by atoms with Gasteiger partial charge in [0.1, 0.15) is 12.6 Å². The Morgan fingerprint density at radius 1 is 1.27 bits per heavy atom. The van der Waals surface area contributed by atoms with E-state index >= 15 is 0 Å². The van der Waals surface area contributed by atoms with Crippen LogP contribution in [0.1, 0.15) is 17.2 Å². The minimum Gasteiger partial charge on any atom is -0.454 e. The fourth-order valence-electron chi connectivity index (χ4n) is 2.82. The van der Waals surface area contributed by atoms with Gasteiger partial charge < -0.3 is 19.7 Å². The van der Waals surface area contributed by atoms with E-state index in [4.69, 9.17) is 21.1 Å². The lowest BCUT2D eigenvalue weighted by Gasteiger charge is -2.20. The van der Waals surface area contributed by atoms with E-state index in [2.05, 4.69) is 19.4 Å². The summed E-state index contributed by atoms with van der Waals surface area (Å²) in [6.45, 7) is 0.952. The average molecular weight is 374 g/mol. The zero-order valence-electron chi connectivity index (χ0n) is 14.8. The molecule has 26 heavy (non-hydrogen) atoms. The van der Waals surface area contributed by atoms with Crippen LogP contribution in [0, 0.1) is 0 Å². The Hall–Kier alpha value is -2.50. The maximum Gasteiger partial charge on any atom is 0.244 e. The number of amides is 1. The number of likely N-dealkylation sites (N-methyl/N-ethyl adjacent to an activating group) is 1. The summed E-state index contributed by atoms with van der Waals surface area (Å²) < 4.78 is 10.6. The van der Waals surface area contributed by atoms with Gasteiger partial charge in [0.05, 0.1) is 19.1 Å². The summed E-state index contributed by atoms with van der Waals surface area (Å²) in [7, 11) is 4.12. The number of ether oxygens (including phenoxy) is 2. The molecule has 0 aromatic heterocycles. The van der Waals surface area contributed by atoms with E-state index in [1.165, 1.54) is 11.0 Å². The molecular formula is C20H22ClN2O3+. The molecule has 0 fully saturated rings. The lowest BCUT2D eigenvalue weighted by atomic mass is 10.1. The molecule has 1 aliphatic heterocycles. The number of hydrogen-bond acceptors (Lipinski definition) is 3. The molecule has 2 aromatic carbocycles. The van der Waals surface area contributed by atoms with Crippen molar-refractivity contribution in [3.05, 3.63) is 64.7 Å². The maximum absolute atomic E-state index is 12.4. The molecule has 1 amide bonds. The molecule has 2 aromatic rings. The molecule has 2 N–H and O–H groups in total. The summed E-state index contributed by atoms with van der Waals surface area (Å²) in [6.07, 6.45) is 3.22. The number of halogens is 1. The first-order valence-electron chi connectivity index (χ1n) is 8.44. The summed E-state index contributed by atoms with van der Waals surface area (Å²) in [5, 5.41) is 3.54. The van der Waals surface area contributed by atoms with Crippen molar-refractivity contribution in [2.75, 3.05) is 27.4 Å². The molecule has 0 saturated heterocycles. The van der Waals surface area contributed by atoms with Gasteiger partial charge in [-0.2, -0.15) is 0 Å². The topological polar surface area (TPSA) is 52.0 Å². The lowest BCUT2D eigenvalue weighted by molar-refractivity contribution is -0.860. The quantitative estimate of drug-likeness (QED) is 0.762. The average Bonchev–Trinajstić information content (AvgIpc) is 3.09. The Morgan fingerprint density at radius 3 is 2.77 bits per heavy atom. The highest BCUT2D eigenvalue weighted by molar-refractivity contribution is 6.32. The molecule has 6 heteroatoms. The Bertz CT molecular complexity index is 806. The fourth-order valence-corrected chi connectivity index (χ4v) is 3.09. The highest BCUT2D eigenvalue weighted by atomic mass is 35.5. The number of nitrogens with one attached hydrogen (secondary N) is 2. The smallest absolute Gasteiger partial charge is 0.244 e. The summed E-state index contributed by atoms with van der Waals surface area (Å²) >= 11 is 6.17. The van der Waals surface area contributed by atoms with Gasteiger partial charge in [0.2, 0.25) is 12.7 Å². The highest BCUT2D eigenvalue weighted by Gasteiger charge is 2.18. The molecule has 1 atom stereocenters. The molecular weight excluding hydrogens is 352 g/mol. The molecule has 0 spiro atoms. The number of benzene rings is 2. The number of hydrogen-bond donors (Lipinski definition) is 2. The zero-order chi connectivity index (χ0) is 18.5. The standard InChI is InChI=1S/C20H21ClN2O3/c1-23(2)12-17(15-6-4-3-5-7-15)22-19(24)9-8-14-10-16(21)20-18(11-14)25-13-26-20/h3-11,17H,12-13H2,1-2H3,(H,22,24)/p+1/b9-8+/t17-/m0/s1. The first-order chi connectivity index (χ1) is 12.5. The maximum atomic E-state index is 12.4. The molecule has 0 saturated carbocycles. The van der Waals surface area contributed by atoms with Gasteiger partial charge in [-0.05, 0) is 29.3 Å². The minimum atomic E-state index is -0.158. The van der Waals surface area contributed by atoms with Gasteiger partial charge in [0.25, 0.3) is 0 Å². The van der Waals surface area contributed by atoms with Crippen molar-refractivity contribution < 1.29 is 19.2 Å². The van der Waals surface area contributed by atoms with Crippen LogP contribution in [-0.4, -0.2) is 33.3 Å². The number of carbonyl (C=O) groups excluding carboxylic acids is 1. The fraction of sp³-hybridized carbons (Fsp3) is 0.250. The Balaban J connectivity index is 1.70. The molecule has 0 bridgehead atoms. The summed E-state index contributed by atoms with van der Waals surface area (Å²) in [5.41, 5.74) is 1.87. The summed E-state index contributed by atoms with van der Waals surface area (Å²) in [5.74, 6) is 0.983. The van der Waals surface area contributed by atoms with Gasteiger partial charge in [-0.1, -0.05) is 41.9 Å². The van der Waals surface area contributed by atoms with E-state index in [9.17, 15) is 4.79 Å². The van der Waals surface area contributed by atoms with Gasteiger partial charge in [0.15, 0.2) is 11.5 Å². The molecule has 0 radical (unpaired) electrons. The van der Waals surface area contributed by atoms with E-state index < -0.39 is 0 Å². The molecule has 3 rings (SSSR count). The van der Waals surface area contributed by atoms with Crippen LogP contribution in [-0.2, 0) is 4.79 Å². The summed E-state index contributed by atoms with van der Waals surface area (Å²) in [4.78, 5) is 13.7. The molecule has 1 heterocycles. The lowest BCUT2D eigenvalue weighted by Crippen LogP contribution is -3.06. The second-order valence-corrected chi connectivity index (χ2v) is 6.86. The molecule has 0 unspecified atom stereocenters. The third-order valence-electron chi connectivity index (χ3n) is 4.01. The largest absolute Gasteiger partial charge is 0.454 e. The molecule has 0 aliphatic carbocycles. The summed E-state index contributed by atoms with van der Waals surface area (Å²) in [6, 6.07) is 13.5. The van der Waals surface area contributed by atoms with Gasteiger partial charge in [-0.3, -0.25) is 4.79 Å². The predicted molar refractivity (Wildman–Crippen MR) is 102 cm³/mol. The van der Waals surface area contributed by atoms with Crippen molar-refractivity contribution in [1.29, 1.82) is 0 Å². The Labute approximate surface area is 158 Å². The van der Waals surface area contributed by atoms with E-state index in [0.29, 0.717) is 16.5 Å². The van der Waals surface area contributed by atoms with Crippen LogP contribution in [0.3, 0.4) is 0 Å². The second-order valence-electron chi connectivity index (χ2n) is 6.45. The zero-order valence-corrected chi connectivity index (χ0v) is 15.5. The van der Waals surface area contributed by atoms with Gasteiger partial charge in [0, 0.05) is 6.08 Å². The van der Waals surface area contributed by atoms with Crippen molar-refractivity contribution in [1.82, 2.24) is 5.32 Å². The third kappa shape index (κ3) is 4.56. The SMILES string of the molecule is C[NH+](C)C[C@H](NC(=O)/C=C/c1cc(Cl)c2c(c1)OCO2)c1ccccc1. The minimum absolute atomic E-state index is 0.0568. The van der Waals surface area contributed by atoms with Crippen LogP contribution < -0.4 is 19.7 Å². The van der Waals surface area contributed by atoms with E-state index in [-0.39, 0.29) is 18.7 Å². The number of rotatable bonds is 6. The van der Waals surface area contributed by atoms with Crippen LogP contribution in [0.5, 0.6) is 11.5 Å². The highest BCUT2D eigenvalue weighted by Crippen LogP contribution is 2.40. The van der Waals surface area contributed by atoms with Crippen molar-refractivity contribution in [3.63, 3.8) is 0 Å². The predicted octanol–water partition coefficient (Wildman–Crippen LogP) is 2.08. The van der Waals surface area contributed by atoms with Crippen LogP contribution in [0.4, 0.5) is 0 Å². The van der Waals surface area contributed by atoms with Crippen LogP contribution >= 0.6 is 11.6 Å². The number of fused-ring (bicyclic) bond motifs is 1. The monoisotopic (exact) mass is 373 g/mol. The molecule has 5 nitrogen and oxygen atoms in total.